The molecule has 1 heterocycles. The second-order valence-corrected chi connectivity index (χ2v) is 8.13. The first kappa shape index (κ1) is 19.2. The van der Waals surface area contributed by atoms with Gasteiger partial charge in [-0.1, -0.05) is 100 Å². The van der Waals surface area contributed by atoms with Crippen LogP contribution in [0.25, 0.3) is 28.2 Å². The summed E-state index contributed by atoms with van der Waals surface area (Å²) in [5, 5.41) is 0. The summed E-state index contributed by atoms with van der Waals surface area (Å²) in [6.45, 7) is 9.11. The molecule has 0 saturated heterocycles. The van der Waals surface area contributed by atoms with Crippen LogP contribution in [0, 0.1) is 0 Å². The summed E-state index contributed by atoms with van der Waals surface area (Å²) in [6, 6.07) is 25.7. The molecular weight excluding hydrogens is 352 g/mol. The van der Waals surface area contributed by atoms with Crippen LogP contribution in [0.1, 0.15) is 50.7 Å². The van der Waals surface area contributed by atoms with Crippen molar-refractivity contribution in [3.05, 3.63) is 96.3 Å². The van der Waals surface area contributed by atoms with Crippen LogP contribution < -0.4 is 0 Å². The van der Waals surface area contributed by atoms with Gasteiger partial charge in [0, 0.05) is 18.0 Å². The molecule has 0 aliphatic heterocycles. The standard InChI is InChI=1S/C27H28N2/c1-19(2)23-15-16-24(21-11-7-5-8-12-21)25(20(3)4)26(23)29-18-17-28-27(29)22-13-9-6-10-14-22/h5-20H,1-4H3. The van der Waals surface area contributed by atoms with Crippen LogP contribution in [0.2, 0.25) is 0 Å². The van der Waals surface area contributed by atoms with Crippen LogP contribution in [0.5, 0.6) is 0 Å². The maximum Gasteiger partial charge on any atom is 0.144 e. The molecular formula is C27H28N2. The topological polar surface area (TPSA) is 17.8 Å². The summed E-state index contributed by atoms with van der Waals surface area (Å²) in [6.07, 6.45) is 4.01. The SMILES string of the molecule is CC(C)c1ccc(-c2ccccc2)c(C(C)C)c1-n1ccnc1-c1ccccc1. The average molecular weight is 381 g/mol. The third-order valence-corrected chi connectivity index (χ3v) is 5.45. The molecule has 29 heavy (non-hydrogen) atoms. The zero-order valence-corrected chi connectivity index (χ0v) is 17.6. The molecule has 0 amide bonds. The van der Waals surface area contributed by atoms with Crippen LogP contribution in [-0.2, 0) is 0 Å². The number of aromatic nitrogens is 2. The first-order chi connectivity index (χ1) is 14.1. The zero-order chi connectivity index (χ0) is 20.4. The molecule has 0 aliphatic carbocycles. The lowest BCUT2D eigenvalue weighted by atomic mass is 9.86. The van der Waals surface area contributed by atoms with E-state index in [0.717, 1.165) is 11.4 Å². The first-order valence-corrected chi connectivity index (χ1v) is 10.4. The lowest BCUT2D eigenvalue weighted by Gasteiger charge is -2.25. The quantitative estimate of drug-likeness (QED) is 0.351. The number of imidazole rings is 1. The normalized spacial score (nSPS) is 11.4. The minimum absolute atomic E-state index is 0.380. The van der Waals surface area contributed by atoms with Gasteiger partial charge < -0.3 is 0 Å². The predicted octanol–water partition coefficient (Wildman–Crippen LogP) is 7.45. The van der Waals surface area contributed by atoms with E-state index in [1.165, 1.54) is 27.9 Å². The molecule has 4 aromatic rings. The molecule has 0 saturated carbocycles. The van der Waals surface area contributed by atoms with Gasteiger partial charge in [-0.3, -0.25) is 4.57 Å². The fourth-order valence-electron chi connectivity index (χ4n) is 4.10. The van der Waals surface area contributed by atoms with Crippen molar-refractivity contribution in [2.24, 2.45) is 0 Å². The third kappa shape index (κ3) is 3.63. The Labute approximate surface area is 173 Å². The van der Waals surface area contributed by atoms with Crippen molar-refractivity contribution in [2.45, 2.75) is 39.5 Å². The summed E-state index contributed by atoms with van der Waals surface area (Å²) in [5.74, 6) is 1.78. The lowest BCUT2D eigenvalue weighted by Crippen LogP contribution is -2.09. The molecule has 0 fully saturated rings. The van der Waals surface area contributed by atoms with Crippen molar-refractivity contribution in [3.63, 3.8) is 0 Å². The summed E-state index contributed by atoms with van der Waals surface area (Å²) in [4.78, 5) is 4.73. The molecule has 0 atom stereocenters. The largest absolute Gasteiger partial charge is 0.299 e. The van der Waals surface area contributed by atoms with Gasteiger partial charge in [-0.15, -0.1) is 0 Å². The van der Waals surface area contributed by atoms with E-state index in [1.807, 2.05) is 12.3 Å². The van der Waals surface area contributed by atoms with Gasteiger partial charge in [0.05, 0.1) is 5.69 Å². The van der Waals surface area contributed by atoms with Gasteiger partial charge in [0.1, 0.15) is 5.82 Å². The van der Waals surface area contributed by atoms with Crippen LogP contribution in [0.3, 0.4) is 0 Å². The number of benzene rings is 3. The Bertz CT molecular complexity index is 1090. The van der Waals surface area contributed by atoms with E-state index in [1.54, 1.807) is 0 Å². The summed E-state index contributed by atoms with van der Waals surface area (Å²) in [5.41, 5.74) is 7.68. The minimum atomic E-state index is 0.380. The van der Waals surface area contributed by atoms with Crippen molar-refractivity contribution in [1.82, 2.24) is 9.55 Å². The Morgan fingerprint density at radius 3 is 1.90 bits per heavy atom. The number of nitrogens with zero attached hydrogens (tertiary/aromatic N) is 2. The second kappa shape index (κ2) is 8.08. The van der Waals surface area contributed by atoms with E-state index in [-0.39, 0.29) is 0 Å². The molecule has 0 unspecified atom stereocenters. The fourth-order valence-corrected chi connectivity index (χ4v) is 4.10. The van der Waals surface area contributed by atoms with Gasteiger partial charge >= 0.3 is 0 Å². The predicted molar refractivity (Wildman–Crippen MR) is 123 cm³/mol. The van der Waals surface area contributed by atoms with Crippen molar-refractivity contribution >= 4 is 0 Å². The fraction of sp³-hybridized carbons (Fsp3) is 0.222. The van der Waals surface area contributed by atoms with Gasteiger partial charge in [0.25, 0.3) is 0 Å². The molecule has 0 radical (unpaired) electrons. The molecule has 0 bridgehead atoms. The Morgan fingerprint density at radius 1 is 0.690 bits per heavy atom. The monoisotopic (exact) mass is 380 g/mol. The van der Waals surface area contributed by atoms with E-state index in [2.05, 4.69) is 105 Å². The van der Waals surface area contributed by atoms with Crippen molar-refractivity contribution < 1.29 is 0 Å². The van der Waals surface area contributed by atoms with Crippen LogP contribution in [0.4, 0.5) is 0 Å². The summed E-state index contributed by atoms with van der Waals surface area (Å²) in [7, 11) is 0. The number of rotatable bonds is 5. The van der Waals surface area contributed by atoms with Crippen molar-refractivity contribution in [3.8, 4) is 28.2 Å². The molecule has 0 aliphatic rings. The highest BCUT2D eigenvalue weighted by Gasteiger charge is 2.22. The van der Waals surface area contributed by atoms with Crippen molar-refractivity contribution in [2.75, 3.05) is 0 Å². The van der Waals surface area contributed by atoms with Gasteiger partial charge in [0.2, 0.25) is 0 Å². The summed E-state index contributed by atoms with van der Waals surface area (Å²) >= 11 is 0. The molecule has 1 aromatic heterocycles. The molecule has 4 rings (SSSR count). The minimum Gasteiger partial charge on any atom is -0.299 e. The molecule has 2 heteroatoms. The molecule has 2 nitrogen and oxygen atoms in total. The highest BCUT2D eigenvalue weighted by molar-refractivity contribution is 5.75. The molecule has 0 spiro atoms. The maximum absolute atomic E-state index is 4.73. The smallest absolute Gasteiger partial charge is 0.144 e. The van der Waals surface area contributed by atoms with Gasteiger partial charge in [-0.25, -0.2) is 4.98 Å². The number of hydrogen-bond acceptors (Lipinski definition) is 1. The van der Waals surface area contributed by atoms with Gasteiger partial charge in [-0.2, -0.15) is 0 Å². The van der Waals surface area contributed by atoms with E-state index >= 15 is 0 Å². The Balaban J connectivity index is 2.04. The average Bonchev–Trinajstić information content (AvgIpc) is 3.23. The third-order valence-electron chi connectivity index (χ3n) is 5.45. The first-order valence-electron chi connectivity index (χ1n) is 10.4. The summed E-state index contributed by atoms with van der Waals surface area (Å²) < 4.78 is 2.28. The second-order valence-electron chi connectivity index (χ2n) is 8.13. The Morgan fingerprint density at radius 2 is 1.31 bits per heavy atom. The van der Waals surface area contributed by atoms with E-state index < -0.39 is 0 Å². The molecule has 0 N–H and O–H groups in total. The number of hydrogen-bond donors (Lipinski definition) is 0. The highest BCUT2D eigenvalue weighted by atomic mass is 15.1. The van der Waals surface area contributed by atoms with E-state index in [0.29, 0.717) is 11.8 Å². The van der Waals surface area contributed by atoms with Gasteiger partial charge in [0.15, 0.2) is 0 Å². The van der Waals surface area contributed by atoms with Crippen LogP contribution >= 0.6 is 0 Å². The van der Waals surface area contributed by atoms with Crippen LogP contribution in [-0.4, -0.2) is 9.55 Å². The Hall–Kier alpha value is -3.13. The van der Waals surface area contributed by atoms with Crippen molar-refractivity contribution in [1.29, 1.82) is 0 Å². The van der Waals surface area contributed by atoms with E-state index in [4.69, 9.17) is 4.98 Å². The van der Waals surface area contributed by atoms with Crippen LogP contribution in [0.15, 0.2) is 85.2 Å². The molecule has 3 aromatic carbocycles. The molecule has 146 valence electrons. The van der Waals surface area contributed by atoms with Gasteiger partial charge in [-0.05, 0) is 34.1 Å². The maximum atomic E-state index is 4.73. The Kier molecular flexibility index (Phi) is 5.35. The van der Waals surface area contributed by atoms with E-state index in [9.17, 15) is 0 Å². The highest BCUT2D eigenvalue weighted by Crippen LogP contribution is 2.39. The zero-order valence-electron chi connectivity index (χ0n) is 17.6. The lowest BCUT2D eigenvalue weighted by molar-refractivity contribution is 0.808.